The summed E-state index contributed by atoms with van der Waals surface area (Å²) in [6, 6.07) is 5.13. The first-order valence-corrected chi connectivity index (χ1v) is 10.1. The molecule has 4 heterocycles. The first-order chi connectivity index (χ1) is 16.1. The number of pyridine rings is 2. The van der Waals surface area contributed by atoms with Crippen molar-refractivity contribution >= 4 is 17.5 Å². The molecule has 1 amide bonds. The molecule has 0 spiro atoms. The van der Waals surface area contributed by atoms with Crippen LogP contribution in [0.5, 0.6) is 11.6 Å². The Kier molecular flexibility index (Phi) is 6.65. The second-order valence-electron chi connectivity index (χ2n) is 6.63. The number of rotatable bonds is 7. The Bertz CT molecular complexity index is 1290. The molecule has 0 saturated carbocycles. The minimum absolute atomic E-state index is 0.0773. The number of ether oxygens (including phenoxy) is 2. The molecule has 4 aromatic rings. The van der Waals surface area contributed by atoms with E-state index in [-0.39, 0.29) is 12.2 Å². The zero-order valence-corrected chi connectivity index (χ0v) is 18.4. The Morgan fingerprint density at radius 1 is 0.970 bits per heavy atom. The highest BCUT2D eigenvalue weighted by Gasteiger charge is 2.19. The van der Waals surface area contributed by atoms with Gasteiger partial charge in [0.25, 0.3) is 11.8 Å². The van der Waals surface area contributed by atoms with E-state index in [1.165, 1.54) is 45.2 Å². The molecule has 10 nitrogen and oxygen atoms in total. The third-order valence-corrected chi connectivity index (χ3v) is 4.73. The van der Waals surface area contributed by atoms with E-state index in [1.54, 1.807) is 24.4 Å². The van der Waals surface area contributed by atoms with Gasteiger partial charge in [0.2, 0.25) is 0 Å². The highest BCUT2D eigenvalue weighted by Crippen LogP contribution is 2.25. The van der Waals surface area contributed by atoms with Crippen molar-refractivity contribution < 1.29 is 14.3 Å². The second kappa shape index (κ2) is 9.96. The van der Waals surface area contributed by atoms with E-state index in [9.17, 15) is 4.79 Å². The summed E-state index contributed by atoms with van der Waals surface area (Å²) in [6.45, 7) is 0.129. The van der Waals surface area contributed by atoms with Crippen molar-refractivity contribution in [1.29, 1.82) is 0 Å². The molecule has 4 aromatic heterocycles. The lowest BCUT2D eigenvalue weighted by atomic mass is 10.1. The molecule has 0 saturated heterocycles. The molecular weight excluding hydrogens is 446 g/mol. The molecule has 0 bridgehead atoms. The monoisotopic (exact) mass is 463 g/mol. The number of halogens is 1. The molecule has 0 fully saturated rings. The Morgan fingerprint density at radius 3 is 2.58 bits per heavy atom. The van der Waals surface area contributed by atoms with Gasteiger partial charge in [0.1, 0.15) is 11.4 Å². The molecule has 0 atom stereocenters. The molecule has 1 N–H and O–H groups in total. The van der Waals surface area contributed by atoms with Gasteiger partial charge < -0.3 is 14.8 Å². The lowest BCUT2D eigenvalue weighted by molar-refractivity contribution is 0.0945. The van der Waals surface area contributed by atoms with Crippen molar-refractivity contribution in [2.24, 2.45) is 0 Å². The Hall–Kier alpha value is -4.18. The van der Waals surface area contributed by atoms with Crippen molar-refractivity contribution in [3.05, 3.63) is 71.8 Å². The molecule has 0 radical (unpaired) electrons. The summed E-state index contributed by atoms with van der Waals surface area (Å²) in [6.07, 6.45) is 9.19. The first kappa shape index (κ1) is 22.0. The van der Waals surface area contributed by atoms with Crippen molar-refractivity contribution in [2.45, 2.75) is 6.54 Å². The maximum absolute atomic E-state index is 13.2. The van der Waals surface area contributed by atoms with Crippen LogP contribution in [0.15, 0.2) is 55.4 Å². The molecule has 0 aliphatic rings. The fourth-order valence-corrected chi connectivity index (χ4v) is 3.14. The predicted octanol–water partition coefficient (Wildman–Crippen LogP) is 2.99. The van der Waals surface area contributed by atoms with Gasteiger partial charge in [0.15, 0.2) is 11.4 Å². The van der Waals surface area contributed by atoms with E-state index < -0.39 is 5.91 Å². The number of hydrogen-bond acceptors (Lipinski definition) is 9. The van der Waals surface area contributed by atoms with Gasteiger partial charge in [-0.25, -0.2) is 15.0 Å². The Labute approximate surface area is 194 Å². The number of nitrogens with one attached hydrogen (secondary N) is 1. The molecule has 11 heteroatoms. The number of aromatic nitrogens is 6. The van der Waals surface area contributed by atoms with Gasteiger partial charge >= 0.3 is 0 Å². The number of nitrogens with zero attached hydrogens (tertiary/aromatic N) is 6. The van der Waals surface area contributed by atoms with Gasteiger partial charge in [-0.15, -0.1) is 0 Å². The maximum atomic E-state index is 13.2. The van der Waals surface area contributed by atoms with Crippen molar-refractivity contribution in [3.63, 3.8) is 0 Å². The van der Waals surface area contributed by atoms with Crippen LogP contribution < -0.4 is 14.8 Å². The van der Waals surface area contributed by atoms with Crippen LogP contribution in [0.1, 0.15) is 16.2 Å². The molecule has 0 unspecified atom stereocenters. The quantitative estimate of drug-likeness (QED) is 0.440. The van der Waals surface area contributed by atoms with E-state index in [1.807, 2.05) is 0 Å². The molecular formula is C22H18ClN7O3. The van der Waals surface area contributed by atoms with Crippen molar-refractivity contribution in [3.8, 4) is 34.3 Å². The maximum Gasteiger partial charge on any atom is 0.272 e. The lowest BCUT2D eigenvalue weighted by Crippen LogP contribution is -2.25. The van der Waals surface area contributed by atoms with Crippen molar-refractivity contribution in [1.82, 2.24) is 35.2 Å². The average Bonchev–Trinajstić information content (AvgIpc) is 2.87. The minimum Gasteiger partial charge on any atom is -0.491 e. The van der Waals surface area contributed by atoms with Gasteiger partial charge in [-0.3, -0.25) is 19.7 Å². The van der Waals surface area contributed by atoms with Gasteiger partial charge in [0, 0.05) is 30.4 Å². The van der Waals surface area contributed by atoms with Crippen LogP contribution in [0.3, 0.4) is 0 Å². The molecule has 0 aromatic carbocycles. The third-order valence-electron chi connectivity index (χ3n) is 4.52. The van der Waals surface area contributed by atoms with E-state index in [0.29, 0.717) is 45.0 Å². The van der Waals surface area contributed by atoms with Crippen molar-refractivity contribution in [2.75, 3.05) is 14.2 Å². The number of carbonyl (C=O) groups is 1. The van der Waals surface area contributed by atoms with Crippen LogP contribution in [0.25, 0.3) is 22.6 Å². The summed E-state index contributed by atoms with van der Waals surface area (Å²) >= 11 is 6.05. The van der Waals surface area contributed by atoms with Crippen LogP contribution in [0.2, 0.25) is 5.02 Å². The van der Waals surface area contributed by atoms with Gasteiger partial charge in [-0.1, -0.05) is 11.6 Å². The van der Waals surface area contributed by atoms with Crippen LogP contribution in [0.4, 0.5) is 0 Å². The minimum atomic E-state index is -0.462. The van der Waals surface area contributed by atoms with E-state index in [2.05, 4.69) is 35.2 Å². The molecule has 4 rings (SSSR count). The molecule has 33 heavy (non-hydrogen) atoms. The Morgan fingerprint density at radius 2 is 1.85 bits per heavy atom. The average molecular weight is 464 g/mol. The SMILES string of the molecule is COc1ccc(CNC(=O)c2nc(-c3cncc(Cl)c3)cnc2-c2cnccn2)nc1OC. The summed E-state index contributed by atoms with van der Waals surface area (Å²) in [5.41, 5.74) is 2.41. The number of methoxy groups -OCH3 is 2. The summed E-state index contributed by atoms with van der Waals surface area (Å²) in [7, 11) is 3.02. The summed E-state index contributed by atoms with van der Waals surface area (Å²) in [4.78, 5) is 38.8. The number of carbonyl (C=O) groups excluding carboxylic acids is 1. The van der Waals surface area contributed by atoms with Gasteiger partial charge in [-0.05, 0) is 18.2 Å². The smallest absolute Gasteiger partial charge is 0.272 e. The number of amides is 1. The highest BCUT2D eigenvalue weighted by atomic mass is 35.5. The standard InChI is InChI=1S/C22H18ClN7O3/c1-32-18-4-3-15(29-22(18)33-2)10-28-21(31)20-19(17-11-24-5-6-26-17)27-12-16(30-20)13-7-14(23)9-25-8-13/h3-9,11-12H,10H2,1-2H3,(H,28,31). The molecule has 166 valence electrons. The topological polar surface area (TPSA) is 125 Å². The van der Waals surface area contributed by atoms with Crippen LogP contribution in [-0.2, 0) is 6.54 Å². The summed E-state index contributed by atoms with van der Waals surface area (Å²) in [5, 5.41) is 3.26. The predicted molar refractivity (Wildman–Crippen MR) is 120 cm³/mol. The van der Waals surface area contributed by atoms with Gasteiger partial charge in [0.05, 0.1) is 49.6 Å². The zero-order chi connectivity index (χ0) is 23.2. The van der Waals surface area contributed by atoms with E-state index >= 15 is 0 Å². The van der Waals surface area contributed by atoms with E-state index in [0.717, 1.165) is 0 Å². The molecule has 0 aliphatic carbocycles. The third kappa shape index (κ3) is 5.01. The fraction of sp³-hybridized carbons (Fsp3) is 0.136. The summed E-state index contributed by atoms with van der Waals surface area (Å²) < 4.78 is 10.4. The van der Waals surface area contributed by atoms with Crippen LogP contribution in [-0.4, -0.2) is 50.0 Å². The zero-order valence-electron chi connectivity index (χ0n) is 17.7. The Balaban J connectivity index is 1.66. The van der Waals surface area contributed by atoms with Crippen LogP contribution in [0, 0.1) is 0 Å². The highest BCUT2D eigenvalue weighted by molar-refractivity contribution is 6.30. The normalized spacial score (nSPS) is 10.5. The largest absolute Gasteiger partial charge is 0.491 e. The molecule has 0 aliphatic heterocycles. The van der Waals surface area contributed by atoms with Crippen LogP contribution >= 0.6 is 11.6 Å². The van der Waals surface area contributed by atoms with E-state index in [4.69, 9.17) is 21.1 Å². The first-order valence-electron chi connectivity index (χ1n) is 9.69. The van der Waals surface area contributed by atoms with Gasteiger partial charge in [-0.2, -0.15) is 0 Å². The lowest BCUT2D eigenvalue weighted by Gasteiger charge is -2.11. The summed E-state index contributed by atoms with van der Waals surface area (Å²) in [5.74, 6) is 0.350. The fourth-order valence-electron chi connectivity index (χ4n) is 2.97. The second-order valence-corrected chi connectivity index (χ2v) is 7.07. The number of hydrogen-bond donors (Lipinski definition) is 1.